The molecule has 0 aliphatic rings. The highest BCUT2D eigenvalue weighted by molar-refractivity contribution is 5.75. The molecule has 0 saturated carbocycles. The van der Waals surface area contributed by atoms with Crippen LogP contribution >= 0.6 is 0 Å². The highest BCUT2D eigenvalue weighted by Gasteiger charge is 2.73. The zero-order chi connectivity index (χ0) is 28.4. The molecule has 0 bridgehead atoms. The van der Waals surface area contributed by atoms with Crippen molar-refractivity contribution < 1.29 is 62.9 Å². The minimum Gasteiger partial charge on any atom is -0.398 e. The zero-order valence-electron chi connectivity index (χ0n) is 17.9. The molecule has 0 aliphatic heterocycles. The molecule has 4 nitrogen and oxygen atoms in total. The molecule has 0 radical (unpaired) electrons. The number of halogens is 12. The first-order chi connectivity index (χ1) is 15.8. The molecule has 2 aromatic rings. The van der Waals surface area contributed by atoms with E-state index in [0.29, 0.717) is 0 Å². The summed E-state index contributed by atoms with van der Waals surface area (Å²) < 4.78 is 161. The van der Waals surface area contributed by atoms with E-state index in [0.717, 1.165) is 26.0 Å². The quantitative estimate of drug-likeness (QED) is 0.292. The summed E-state index contributed by atoms with van der Waals surface area (Å²) >= 11 is 0. The number of hydrogen-bond donors (Lipinski definition) is 4. The van der Waals surface area contributed by atoms with Gasteiger partial charge in [-0.05, 0) is 60.4 Å². The first kappa shape index (κ1) is 29.4. The minimum atomic E-state index is -6.39. The molecule has 0 heterocycles. The van der Waals surface area contributed by atoms with Gasteiger partial charge >= 0.3 is 24.7 Å². The predicted octanol–water partition coefficient (Wildman–Crippen LogP) is 5.76. The number of benzene rings is 2. The van der Waals surface area contributed by atoms with Gasteiger partial charge in [-0.15, -0.1) is 0 Å². The van der Waals surface area contributed by atoms with Gasteiger partial charge in [-0.2, -0.15) is 52.7 Å². The monoisotopic (exact) mass is 544 g/mol. The van der Waals surface area contributed by atoms with Crippen molar-refractivity contribution in [3.63, 3.8) is 0 Å². The molecule has 2 aromatic carbocycles. The average Bonchev–Trinajstić information content (AvgIpc) is 2.67. The highest BCUT2D eigenvalue weighted by atomic mass is 19.4. The van der Waals surface area contributed by atoms with Gasteiger partial charge in [0.15, 0.2) is 0 Å². The Hall–Kier alpha value is -2.88. The van der Waals surface area contributed by atoms with Crippen molar-refractivity contribution in [2.24, 2.45) is 0 Å². The Balaban J connectivity index is 3.00. The van der Waals surface area contributed by atoms with Gasteiger partial charge in [-0.3, -0.25) is 0 Å². The van der Waals surface area contributed by atoms with E-state index < -0.39 is 80.7 Å². The van der Waals surface area contributed by atoms with Crippen LogP contribution in [-0.4, -0.2) is 34.9 Å². The van der Waals surface area contributed by atoms with Crippen LogP contribution in [0.4, 0.5) is 64.1 Å². The van der Waals surface area contributed by atoms with Crippen LogP contribution in [-0.2, 0) is 11.2 Å². The van der Waals surface area contributed by atoms with Crippen molar-refractivity contribution in [1.82, 2.24) is 0 Å². The molecular formula is C20H16F12N2O2. The van der Waals surface area contributed by atoms with E-state index in [1.54, 1.807) is 0 Å². The van der Waals surface area contributed by atoms with E-state index in [1.807, 2.05) is 0 Å². The van der Waals surface area contributed by atoms with E-state index in [9.17, 15) is 62.9 Å². The van der Waals surface area contributed by atoms with Crippen molar-refractivity contribution in [3.8, 4) is 11.1 Å². The van der Waals surface area contributed by atoms with Gasteiger partial charge in [0.05, 0.1) is 0 Å². The van der Waals surface area contributed by atoms with Crippen LogP contribution in [0.25, 0.3) is 11.1 Å². The average molecular weight is 544 g/mol. The molecule has 0 amide bonds. The van der Waals surface area contributed by atoms with E-state index in [2.05, 4.69) is 0 Å². The van der Waals surface area contributed by atoms with E-state index in [-0.39, 0.29) is 12.1 Å². The third kappa shape index (κ3) is 4.29. The summed E-state index contributed by atoms with van der Waals surface area (Å²) in [6, 6.07) is 1.58. The molecule has 2 rings (SSSR count). The van der Waals surface area contributed by atoms with Gasteiger partial charge in [0.1, 0.15) is 0 Å². The molecule has 0 fully saturated rings. The summed E-state index contributed by atoms with van der Waals surface area (Å²) in [7, 11) is 0. The van der Waals surface area contributed by atoms with Gasteiger partial charge in [0, 0.05) is 22.5 Å². The minimum absolute atomic E-state index is 0.0261. The summed E-state index contributed by atoms with van der Waals surface area (Å²) in [4.78, 5) is 0. The fraction of sp³-hybridized carbons (Fsp3) is 0.400. The lowest BCUT2D eigenvalue weighted by Crippen LogP contribution is -2.54. The van der Waals surface area contributed by atoms with Gasteiger partial charge in [-0.25, -0.2) is 0 Å². The van der Waals surface area contributed by atoms with Crippen LogP contribution in [0.15, 0.2) is 24.3 Å². The number of anilines is 2. The second-order valence-corrected chi connectivity index (χ2v) is 7.92. The molecule has 16 heteroatoms. The fourth-order valence-electron chi connectivity index (χ4n) is 3.46. The van der Waals surface area contributed by atoms with Crippen LogP contribution < -0.4 is 11.5 Å². The SMILES string of the molecule is Cc1cc(-c2cc(C)c(N)c(C(O)(C(F)(F)F)C(F)(F)F)c2)cc(C(O)(C(F)(F)F)C(F)(F)F)c1N. The zero-order valence-corrected chi connectivity index (χ0v) is 17.9. The predicted molar refractivity (Wildman–Crippen MR) is 102 cm³/mol. The third-order valence-corrected chi connectivity index (χ3v) is 5.53. The van der Waals surface area contributed by atoms with Gasteiger partial charge < -0.3 is 21.7 Å². The van der Waals surface area contributed by atoms with Crippen molar-refractivity contribution in [2.45, 2.75) is 49.8 Å². The van der Waals surface area contributed by atoms with Crippen molar-refractivity contribution >= 4 is 11.4 Å². The van der Waals surface area contributed by atoms with Crippen molar-refractivity contribution in [1.29, 1.82) is 0 Å². The molecule has 0 unspecified atom stereocenters. The number of hydrogen-bond acceptors (Lipinski definition) is 4. The molecule has 0 aromatic heterocycles. The molecule has 0 atom stereocenters. The highest BCUT2D eigenvalue weighted by Crippen LogP contribution is 2.54. The van der Waals surface area contributed by atoms with Gasteiger partial charge in [0.2, 0.25) is 0 Å². The fourth-order valence-corrected chi connectivity index (χ4v) is 3.46. The summed E-state index contributed by atoms with van der Waals surface area (Å²) in [5.41, 5.74) is -9.33. The van der Waals surface area contributed by atoms with Gasteiger partial charge in [0.25, 0.3) is 11.2 Å². The molecular weight excluding hydrogens is 528 g/mol. The standard InChI is InChI=1S/C20H16F12N2O2/c1-7-3-9(5-11(13(7)33)15(35,17(21,22)23)18(24,25)26)10-4-8(2)14(34)12(6-10)16(36,19(27,28)29)20(30,31)32/h3-6,35-36H,33-34H2,1-2H3. The molecule has 6 N–H and O–H groups in total. The Morgan fingerprint density at radius 3 is 0.917 bits per heavy atom. The maximum atomic E-state index is 13.4. The Labute approximate surface area is 194 Å². The van der Waals surface area contributed by atoms with E-state index in [4.69, 9.17) is 11.5 Å². The van der Waals surface area contributed by atoms with Crippen LogP contribution in [0.2, 0.25) is 0 Å². The Kier molecular flexibility index (Phi) is 6.79. The molecule has 36 heavy (non-hydrogen) atoms. The maximum Gasteiger partial charge on any atom is 0.430 e. The van der Waals surface area contributed by atoms with Crippen LogP contribution in [0.1, 0.15) is 22.3 Å². The van der Waals surface area contributed by atoms with Crippen LogP contribution in [0, 0.1) is 13.8 Å². The first-order valence-electron chi connectivity index (χ1n) is 9.35. The molecule has 0 spiro atoms. The summed E-state index contributed by atoms with van der Waals surface area (Å²) in [5.74, 6) is 0. The van der Waals surface area contributed by atoms with Gasteiger partial charge in [-0.1, -0.05) is 0 Å². The van der Waals surface area contributed by atoms with E-state index in [1.165, 1.54) is 0 Å². The van der Waals surface area contributed by atoms with Crippen molar-refractivity contribution in [2.75, 3.05) is 11.5 Å². The summed E-state index contributed by atoms with van der Waals surface area (Å²) in [6.07, 6.45) is -25.6. The number of nitrogens with two attached hydrogens (primary N) is 2. The summed E-state index contributed by atoms with van der Waals surface area (Å²) in [5, 5.41) is 19.5. The summed E-state index contributed by atoms with van der Waals surface area (Å²) in [6.45, 7) is 1.78. The second kappa shape index (κ2) is 8.33. The smallest absolute Gasteiger partial charge is 0.398 e. The normalized spacial score (nSPS) is 14.3. The second-order valence-electron chi connectivity index (χ2n) is 7.92. The molecule has 0 saturated heterocycles. The Morgan fingerprint density at radius 1 is 0.500 bits per heavy atom. The molecule has 0 aliphatic carbocycles. The van der Waals surface area contributed by atoms with Crippen molar-refractivity contribution in [3.05, 3.63) is 46.5 Å². The number of alkyl halides is 12. The number of rotatable bonds is 3. The number of aliphatic hydroxyl groups is 2. The maximum absolute atomic E-state index is 13.4. The number of aryl methyl sites for hydroxylation is 2. The number of nitrogen functional groups attached to an aromatic ring is 2. The van der Waals surface area contributed by atoms with Crippen LogP contribution in [0.5, 0.6) is 0 Å². The molecule has 202 valence electrons. The Bertz CT molecular complexity index is 1040. The largest absolute Gasteiger partial charge is 0.430 e. The Morgan fingerprint density at radius 2 is 0.722 bits per heavy atom. The van der Waals surface area contributed by atoms with E-state index >= 15 is 0 Å². The first-order valence-corrected chi connectivity index (χ1v) is 9.35. The van der Waals surface area contributed by atoms with Crippen LogP contribution in [0.3, 0.4) is 0 Å². The lowest BCUT2D eigenvalue weighted by molar-refractivity contribution is -0.376. The lowest BCUT2D eigenvalue weighted by Gasteiger charge is -2.35. The third-order valence-electron chi connectivity index (χ3n) is 5.53. The lowest BCUT2D eigenvalue weighted by atomic mass is 9.84. The topological polar surface area (TPSA) is 92.5 Å².